The third-order valence-electron chi connectivity index (χ3n) is 4.73. The first-order valence-corrected chi connectivity index (χ1v) is 10.4. The standard InChI is InChI=1S/C21H22N2O3S/c1-3-17-9-6-11-19(14-17)22-21(24)18-10-7-12-20(15-18)27(25,26)23-13-5-4-8-16(23)2/h1,6-7,9-12,14-16H,4-5,8,13H2,2H3,(H,22,24). The molecule has 0 radical (unpaired) electrons. The molecule has 140 valence electrons. The number of terminal acetylenes is 1. The Balaban J connectivity index is 1.84. The lowest BCUT2D eigenvalue weighted by atomic mass is 10.1. The first-order chi connectivity index (χ1) is 12.9. The molecule has 0 spiro atoms. The zero-order chi connectivity index (χ0) is 19.4. The van der Waals surface area contributed by atoms with E-state index in [2.05, 4.69) is 11.2 Å². The molecule has 1 heterocycles. The monoisotopic (exact) mass is 382 g/mol. The Kier molecular flexibility index (Phi) is 5.64. The van der Waals surface area contributed by atoms with Crippen LogP contribution in [0.2, 0.25) is 0 Å². The van der Waals surface area contributed by atoms with Crippen LogP contribution in [-0.2, 0) is 10.0 Å². The molecule has 3 rings (SSSR count). The van der Waals surface area contributed by atoms with Gasteiger partial charge in [-0.2, -0.15) is 4.31 Å². The van der Waals surface area contributed by atoms with Crippen LogP contribution in [0.4, 0.5) is 5.69 Å². The number of nitrogens with one attached hydrogen (secondary N) is 1. The summed E-state index contributed by atoms with van der Waals surface area (Å²) in [5.74, 6) is 2.13. The van der Waals surface area contributed by atoms with Crippen LogP contribution in [0.1, 0.15) is 42.1 Å². The third kappa shape index (κ3) is 4.21. The summed E-state index contributed by atoms with van der Waals surface area (Å²) in [6, 6.07) is 13.1. The van der Waals surface area contributed by atoms with Crippen molar-refractivity contribution >= 4 is 21.6 Å². The lowest BCUT2D eigenvalue weighted by Gasteiger charge is -2.32. The van der Waals surface area contributed by atoms with E-state index in [4.69, 9.17) is 6.42 Å². The summed E-state index contributed by atoms with van der Waals surface area (Å²) in [6.07, 6.45) is 8.12. The van der Waals surface area contributed by atoms with Crippen molar-refractivity contribution in [3.05, 3.63) is 59.7 Å². The number of hydrogen-bond acceptors (Lipinski definition) is 3. The smallest absolute Gasteiger partial charge is 0.255 e. The molecular weight excluding hydrogens is 360 g/mol. The normalized spacial score (nSPS) is 17.9. The average Bonchev–Trinajstić information content (AvgIpc) is 2.68. The average molecular weight is 382 g/mol. The molecule has 1 unspecified atom stereocenters. The molecule has 1 saturated heterocycles. The number of carbonyl (C=O) groups excluding carboxylic acids is 1. The largest absolute Gasteiger partial charge is 0.322 e. The van der Waals surface area contributed by atoms with E-state index in [-0.39, 0.29) is 22.4 Å². The van der Waals surface area contributed by atoms with Crippen LogP contribution in [0.25, 0.3) is 0 Å². The maximum absolute atomic E-state index is 13.0. The molecular formula is C21H22N2O3S. The number of anilines is 1. The highest BCUT2D eigenvalue weighted by Crippen LogP contribution is 2.25. The van der Waals surface area contributed by atoms with Gasteiger partial charge >= 0.3 is 0 Å². The van der Waals surface area contributed by atoms with E-state index in [0.29, 0.717) is 17.8 Å². The predicted molar refractivity (Wildman–Crippen MR) is 106 cm³/mol. The highest BCUT2D eigenvalue weighted by atomic mass is 32.2. The van der Waals surface area contributed by atoms with Crippen LogP contribution >= 0.6 is 0 Å². The van der Waals surface area contributed by atoms with Gasteiger partial charge in [-0.15, -0.1) is 6.42 Å². The number of amides is 1. The molecule has 1 fully saturated rings. The van der Waals surface area contributed by atoms with Crippen molar-refractivity contribution < 1.29 is 13.2 Å². The summed E-state index contributed by atoms with van der Waals surface area (Å²) in [7, 11) is -3.62. The Labute approximate surface area is 160 Å². The predicted octanol–water partition coefficient (Wildman–Crippen LogP) is 3.48. The minimum atomic E-state index is -3.62. The minimum Gasteiger partial charge on any atom is -0.322 e. The fourth-order valence-corrected chi connectivity index (χ4v) is 5.00. The zero-order valence-corrected chi connectivity index (χ0v) is 16.0. The number of benzene rings is 2. The summed E-state index contributed by atoms with van der Waals surface area (Å²) in [6.45, 7) is 2.44. The van der Waals surface area contributed by atoms with Gasteiger partial charge in [-0.3, -0.25) is 4.79 Å². The fourth-order valence-electron chi connectivity index (χ4n) is 3.25. The van der Waals surface area contributed by atoms with Crippen molar-refractivity contribution in [2.75, 3.05) is 11.9 Å². The van der Waals surface area contributed by atoms with E-state index in [1.807, 2.05) is 6.92 Å². The van der Waals surface area contributed by atoms with Crippen LogP contribution in [0.3, 0.4) is 0 Å². The molecule has 6 heteroatoms. The second kappa shape index (κ2) is 7.95. The van der Waals surface area contributed by atoms with Crippen LogP contribution in [-0.4, -0.2) is 31.2 Å². The van der Waals surface area contributed by atoms with Gasteiger partial charge in [0.2, 0.25) is 10.0 Å². The van der Waals surface area contributed by atoms with Crippen molar-refractivity contribution in [3.63, 3.8) is 0 Å². The molecule has 2 aromatic carbocycles. The fraction of sp³-hybridized carbons (Fsp3) is 0.286. The van der Waals surface area contributed by atoms with E-state index < -0.39 is 10.0 Å². The molecule has 1 N–H and O–H groups in total. The van der Waals surface area contributed by atoms with Gasteiger partial charge in [-0.1, -0.05) is 24.5 Å². The van der Waals surface area contributed by atoms with E-state index in [1.165, 1.54) is 16.4 Å². The Morgan fingerprint density at radius 2 is 1.96 bits per heavy atom. The van der Waals surface area contributed by atoms with Crippen molar-refractivity contribution in [1.82, 2.24) is 4.31 Å². The molecule has 5 nitrogen and oxygen atoms in total. The summed E-state index contributed by atoms with van der Waals surface area (Å²) < 4.78 is 27.5. The van der Waals surface area contributed by atoms with E-state index >= 15 is 0 Å². The molecule has 0 aliphatic carbocycles. The lowest BCUT2D eigenvalue weighted by molar-refractivity contribution is 0.102. The number of hydrogen-bond donors (Lipinski definition) is 1. The van der Waals surface area contributed by atoms with Gasteiger partial charge in [0.25, 0.3) is 5.91 Å². The van der Waals surface area contributed by atoms with Crippen molar-refractivity contribution in [2.24, 2.45) is 0 Å². The quantitative estimate of drug-likeness (QED) is 0.823. The molecule has 1 atom stereocenters. The molecule has 0 aromatic heterocycles. The van der Waals surface area contributed by atoms with Gasteiger partial charge < -0.3 is 5.32 Å². The molecule has 1 aliphatic heterocycles. The Hall–Kier alpha value is -2.62. The van der Waals surface area contributed by atoms with Crippen LogP contribution < -0.4 is 5.32 Å². The molecule has 0 bridgehead atoms. The number of rotatable bonds is 4. The van der Waals surface area contributed by atoms with Crippen molar-refractivity contribution in [2.45, 2.75) is 37.1 Å². The Morgan fingerprint density at radius 3 is 2.70 bits per heavy atom. The summed E-state index contributed by atoms with van der Waals surface area (Å²) >= 11 is 0. The minimum absolute atomic E-state index is 0.0345. The van der Waals surface area contributed by atoms with Crippen molar-refractivity contribution in [3.8, 4) is 12.3 Å². The maximum Gasteiger partial charge on any atom is 0.255 e. The van der Waals surface area contributed by atoms with E-state index in [1.54, 1.807) is 36.4 Å². The van der Waals surface area contributed by atoms with Crippen LogP contribution in [0.5, 0.6) is 0 Å². The second-order valence-corrected chi connectivity index (χ2v) is 8.56. The van der Waals surface area contributed by atoms with Crippen LogP contribution in [0.15, 0.2) is 53.4 Å². The van der Waals surface area contributed by atoms with Gasteiger partial charge in [0.05, 0.1) is 4.90 Å². The number of piperidine rings is 1. The second-order valence-electron chi connectivity index (χ2n) is 6.67. The topological polar surface area (TPSA) is 66.5 Å². The summed E-state index contributed by atoms with van der Waals surface area (Å²) in [5, 5.41) is 2.76. The maximum atomic E-state index is 13.0. The summed E-state index contributed by atoms with van der Waals surface area (Å²) in [5.41, 5.74) is 1.50. The molecule has 2 aromatic rings. The molecule has 0 saturated carbocycles. The zero-order valence-electron chi connectivity index (χ0n) is 15.2. The van der Waals surface area contributed by atoms with Crippen LogP contribution in [0, 0.1) is 12.3 Å². The van der Waals surface area contributed by atoms with Crippen molar-refractivity contribution in [1.29, 1.82) is 0 Å². The Bertz CT molecular complexity index is 992. The van der Waals surface area contributed by atoms with Gasteiger partial charge in [-0.05, 0) is 56.2 Å². The lowest BCUT2D eigenvalue weighted by Crippen LogP contribution is -2.41. The molecule has 27 heavy (non-hydrogen) atoms. The van der Waals surface area contributed by atoms with Gasteiger partial charge in [0, 0.05) is 29.4 Å². The SMILES string of the molecule is C#Cc1cccc(NC(=O)c2cccc(S(=O)(=O)N3CCCCC3C)c2)c1. The number of nitrogens with zero attached hydrogens (tertiary/aromatic N) is 1. The first-order valence-electron chi connectivity index (χ1n) is 8.92. The summed E-state index contributed by atoms with van der Waals surface area (Å²) in [4.78, 5) is 12.7. The first kappa shape index (κ1) is 19.2. The van der Waals surface area contributed by atoms with Gasteiger partial charge in [-0.25, -0.2) is 8.42 Å². The van der Waals surface area contributed by atoms with Gasteiger partial charge in [0.1, 0.15) is 0 Å². The third-order valence-corrected chi connectivity index (χ3v) is 6.74. The molecule has 1 aliphatic rings. The molecule has 1 amide bonds. The number of sulfonamides is 1. The van der Waals surface area contributed by atoms with E-state index in [9.17, 15) is 13.2 Å². The Morgan fingerprint density at radius 1 is 1.19 bits per heavy atom. The van der Waals surface area contributed by atoms with Gasteiger partial charge in [0.15, 0.2) is 0 Å². The number of carbonyl (C=O) groups is 1. The van der Waals surface area contributed by atoms with E-state index in [0.717, 1.165) is 19.3 Å². The highest BCUT2D eigenvalue weighted by molar-refractivity contribution is 7.89. The highest BCUT2D eigenvalue weighted by Gasteiger charge is 2.31.